The Balaban J connectivity index is 1.87. The van der Waals surface area contributed by atoms with Crippen LogP contribution in [0, 0.1) is 0 Å². The van der Waals surface area contributed by atoms with E-state index in [1.54, 1.807) is 23.3 Å². The summed E-state index contributed by atoms with van der Waals surface area (Å²) in [4.78, 5) is 30.7. The Bertz CT molecular complexity index is 831. The molecule has 1 aromatic heterocycles. The van der Waals surface area contributed by atoms with Crippen LogP contribution in [-0.2, 0) is 16.0 Å². The second kappa shape index (κ2) is 9.92. The molecular weight excluding hydrogens is 384 g/mol. The molecule has 2 aromatic rings. The summed E-state index contributed by atoms with van der Waals surface area (Å²) in [6, 6.07) is 9.94. The molecule has 0 radical (unpaired) electrons. The highest BCUT2D eigenvalue weighted by molar-refractivity contribution is 7.10. The van der Waals surface area contributed by atoms with Crippen molar-refractivity contribution in [3.8, 4) is 5.75 Å². The molecule has 0 saturated heterocycles. The lowest BCUT2D eigenvalue weighted by atomic mass is 9.93. The number of hydrogen-bond donors (Lipinski definition) is 0. The first-order valence-corrected chi connectivity index (χ1v) is 11.2. The normalized spacial score (nSPS) is 15.7. The number of thiophene rings is 1. The summed E-state index contributed by atoms with van der Waals surface area (Å²) in [7, 11) is 1.65. The number of carbonyl (C=O) groups excluding carboxylic acids is 2. The third kappa shape index (κ3) is 4.81. The number of carbonyl (C=O) groups is 2. The monoisotopic (exact) mass is 414 g/mol. The van der Waals surface area contributed by atoms with Gasteiger partial charge in [-0.25, -0.2) is 0 Å². The van der Waals surface area contributed by atoms with Crippen molar-refractivity contribution in [1.29, 1.82) is 0 Å². The SMILES string of the molecule is CCCCN(CC(=O)N1CCc2sccc2C1c1ccc(OC)cc1)C(=O)CC. The number of hydrogen-bond acceptors (Lipinski definition) is 4. The first-order valence-electron chi connectivity index (χ1n) is 10.4. The molecule has 29 heavy (non-hydrogen) atoms. The van der Waals surface area contributed by atoms with E-state index in [4.69, 9.17) is 4.74 Å². The predicted octanol–water partition coefficient (Wildman–Crippen LogP) is 4.27. The number of unbranched alkanes of at least 4 members (excludes halogenated alkanes) is 1. The maximum absolute atomic E-state index is 13.3. The fourth-order valence-electron chi connectivity index (χ4n) is 3.85. The number of amides is 2. The number of rotatable bonds is 8. The van der Waals surface area contributed by atoms with Gasteiger partial charge in [0.1, 0.15) is 5.75 Å². The molecule has 0 spiro atoms. The Morgan fingerprint density at radius 2 is 1.97 bits per heavy atom. The molecule has 1 aliphatic heterocycles. The van der Waals surface area contributed by atoms with E-state index in [1.165, 1.54) is 10.4 Å². The lowest BCUT2D eigenvalue weighted by Gasteiger charge is -2.37. The van der Waals surface area contributed by atoms with Gasteiger partial charge in [-0.1, -0.05) is 32.4 Å². The number of methoxy groups -OCH3 is 1. The lowest BCUT2D eigenvalue weighted by Crippen LogP contribution is -2.46. The lowest BCUT2D eigenvalue weighted by molar-refractivity contribution is -0.141. The molecule has 156 valence electrons. The number of nitrogens with zero attached hydrogens (tertiary/aromatic N) is 2. The van der Waals surface area contributed by atoms with Gasteiger partial charge in [-0.05, 0) is 47.5 Å². The van der Waals surface area contributed by atoms with Crippen molar-refractivity contribution in [3.63, 3.8) is 0 Å². The van der Waals surface area contributed by atoms with Crippen LogP contribution >= 0.6 is 11.3 Å². The molecule has 0 N–H and O–H groups in total. The highest BCUT2D eigenvalue weighted by atomic mass is 32.1. The van der Waals surface area contributed by atoms with E-state index in [0.29, 0.717) is 19.5 Å². The second-order valence-electron chi connectivity index (χ2n) is 7.33. The van der Waals surface area contributed by atoms with Crippen molar-refractivity contribution in [2.75, 3.05) is 26.7 Å². The third-order valence-corrected chi connectivity index (χ3v) is 6.48. The van der Waals surface area contributed by atoms with Gasteiger partial charge < -0.3 is 14.5 Å². The molecule has 0 fully saturated rings. The van der Waals surface area contributed by atoms with E-state index in [0.717, 1.165) is 30.6 Å². The molecule has 1 atom stereocenters. The Labute approximate surface area is 177 Å². The summed E-state index contributed by atoms with van der Waals surface area (Å²) in [5.41, 5.74) is 2.27. The van der Waals surface area contributed by atoms with E-state index in [1.807, 2.05) is 36.1 Å². The molecule has 2 heterocycles. The number of ether oxygens (including phenoxy) is 1. The largest absolute Gasteiger partial charge is 0.497 e. The van der Waals surface area contributed by atoms with Crippen molar-refractivity contribution < 1.29 is 14.3 Å². The molecule has 3 rings (SSSR count). The Morgan fingerprint density at radius 1 is 1.21 bits per heavy atom. The van der Waals surface area contributed by atoms with Gasteiger partial charge in [0.15, 0.2) is 0 Å². The quantitative estimate of drug-likeness (QED) is 0.648. The molecule has 0 saturated carbocycles. The number of benzene rings is 1. The second-order valence-corrected chi connectivity index (χ2v) is 8.34. The van der Waals surface area contributed by atoms with Crippen molar-refractivity contribution in [1.82, 2.24) is 9.80 Å². The van der Waals surface area contributed by atoms with Crippen LogP contribution < -0.4 is 4.74 Å². The zero-order valence-corrected chi connectivity index (χ0v) is 18.3. The van der Waals surface area contributed by atoms with Crippen molar-refractivity contribution in [2.45, 2.75) is 45.6 Å². The summed E-state index contributed by atoms with van der Waals surface area (Å²) in [5, 5.41) is 2.10. The molecule has 1 unspecified atom stereocenters. The maximum atomic E-state index is 13.3. The van der Waals surface area contributed by atoms with Gasteiger partial charge in [0, 0.05) is 24.4 Å². The number of fused-ring (bicyclic) bond motifs is 1. The van der Waals surface area contributed by atoms with Crippen LogP contribution in [0.4, 0.5) is 0 Å². The van der Waals surface area contributed by atoms with Crippen LogP contribution in [0.3, 0.4) is 0 Å². The van der Waals surface area contributed by atoms with Crippen LogP contribution in [0.2, 0.25) is 0 Å². The fourth-order valence-corrected chi connectivity index (χ4v) is 4.75. The predicted molar refractivity (Wildman–Crippen MR) is 116 cm³/mol. The van der Waals surface area contributed by atoms with Crippen molar-refractivity contribution in [2.24, 2.45) is 0 Å². The van der Waals surface area contributed by atoms with Crippen LogP contribution in [-0.4, -0.2) is 48.4 Å². The molecule has 2 amide bonds. The van der Waals surface area contributed by atoms with Gasteiger partial charge in [-0.3, -0.25) is 9.59 Å². The van der Waals surface area contributed by atoms with Gasteiger partial charge in [-0.2, -0.15) is 0 Å². The van der Waals surface area contributed by atoms with Gasteiger partial charge in [-0.15, -0.1) is 11.3 Å². The van der Waals surface area contributed by atoms with E-state index in [9.17, 15) is 9.59 Å². The zero-order chi connectivity index (χ0) is 20.8. The highest BCUT2D eigenvalue weighted by Crippen LogP contribution is 2.38. The summed E-state index contributed by atoms with van der Waals surface area (Å²) in [5.74, 6) is 0.855. The Morgan fingerprint density at radius 3 is 2.62 bits per heavy atom. The summed E-state index contributed by atoms with van der Waals surface area (Å²) < 4.78 is 5.29. The molecule has 1 aromatic carbocycles. The van der Waals surface area contributed by atoms with Crippen molar-refractivity contribution >= 4 is 23.2 Å². The van der Waals surface area contributed by atoms with Gasteiger partial charge >= 0.3 is 0 Å². The first-order chi connectivity index (χ1) is 14.1. The average molecular weight is 415 g/mol. The fraction of sp³-hybridized carbons (Fsp3) is 0.478. The van der Waals surface area contributed by atoms with Crippen LogP contribution in [0.1, 0.15) is 55.2 Å². The Hall–Kier alpha value is -2.34. The smallest absolute Gasteiger partial charge is 0.242 e. The average Bonchev–Trinajstić information content (AvgIpc) is 3.24. The minimum absolute atomic E-state index is 0.0144. The summed E-state index contributed by atoms with van der Waals surface area (Å²) in [6.07, 6.45) is 3.20. The van der Waals surface area contributed by atoms with E-state index < -0.39 is 0 Å². The van der Waals surface area contributed by atoms with Gasteiger partial charge in [0.05, 0.1) is 19.7 Å². The van der Waals surface area contributed by atoms with Crippen molar-refractivity contribution in [3.05, 3.63) is 51.7 Å². The summed E-state index contributed by atoms with van der Waals surface area (Å²) >= 11 is 1.75. The van der Waals surface area contributed by atoms with E-state index in [-0.39, 0.29) is 24.4 Å². The molecule has 1 aliphatic rings. The Kier molecular flexibility index (Phi) is 7.31. The van der Waals surface area contributed by atoms with Gasteiger partial charge in [0.2, 0.25) is 11.8 Å². The van der Waals surface area contributed by atoms with Crippen LogP contribution in [0.25, 0.3) is 0 Å². The van der Waals surface area contributed by atoms with E-state index >= 15 is 0 Å². The van der Waals surface area contributed by atoms with Gasteiger partial charge in [0.25, 0.3) is 0 Å². The summed E-state index contributed by atoms with van der Waals surface area (Å²) in [6.45, 7) is 5.41. The molecule has 5 nitrogen and oxygen atoms in total. The maximum Gasteiger partial charge on any atom is 0.242 e. The van der Waals surface area contributed by atoms with Crippen LogP contribution in [0.5, 0.6) is 5.75 Å². The first kappa shape index (κ1) is 21.4. The molecule has 6 heteroatoms. The highest BCUT2D eigenvalue weighted by Gasteiger charge is 2.33. The van der Waals surface area contributed by atoms with Crippen LogP contribution in [0.15, 0.2) is 35.7 Å². The van der Waals surface area contributed by atoms with E-state index in [2.05, 4.69) is 18.4 Å². The molecule has 0 bridgehead atoms. The topological polar surface area (TPSA) is 49.9 Å². The molecule has 0 aliphatic carbocycles. The third-order valence-electron chi connectivity index (χ3n) is 5.48. The minimum Gasteiger partial charge on any atom is -0.497 e. The molecular formula is C23H30N2O3S. The zero-order valence-electron chi connectivity index (χ0n) is 17.5. The minimum atomic E-state index is -0.117. The standard InChI is InChI=1S/C23H30N2O3S/c1-4-6-13-24(21(26)5-2)16-22(27)25-14-11-20-19(12-15-29-20)23(25)17-7-9-18(28-3)10-8-17/h7-10,12,15,23H,4-6,11,13-14,16H2,1-3H3.